The summed E-state index contributed by atoms with van der Waals surface area (Å²) in [6.07, 6.45) is 1.24. The van der Waals surface area contributed by atoms with Gasteiger partial charge in [-0.05, 0) is 45.4 Å². The first-order chi connectivity index (χ1) is 9.97. The molecule has 1 saturated heterocycles. The highest BCUT2D eigenvalue weighted by atomic mass is 35.5. The van der Waals surface area contributed by atoms with Crippen molar-refractivity contribution in [2.75, 3.05) is 6.54 Å². The summed E-state index contributed by atoms with van der Waals surface area (Å²) in [6, 6.07) is 5.72. The minimum Gasteiger partial charge on any atom is -0.479 e. The van der Waals surface area contributed by atoms with Crippen molar-refractivity contribution >= 4 is 41.5 Å². The van der Waals surface area contributed by atoms with Crippen molar-refractivity contribution in [3.05, 3.63) is 28.2 Å². The third kappa shape index (κ3) is 5.20. The summed E-state index contributed by atoms with van der Waals surface area (Å²) in [6.45, 7) is 4.74. The minimum absolute atomic E-state index is 0. The van der Waals surface area contributed by atoms with E-state index in [9.17, 15) is 4.79 Å². The summed E-state index contributed by atoms with van der Waals surface area (Å²) in [4.78, 5) is 12.2. The number of carbonyl (C=O) groups excluding carboxylic acids is 1. The number of amides is 1. The van der Waals surface area contributed by atoms with Crippen molar-refractivity contribution in [3.63, 3.8) is 0 Å². The lowest BCUT2D eigenvalue weighted by Crippen LogP contribution is -2.49. The zero-order valence-electron chi connectivity index (χ0n) is 12.6. The van der Waals surface area contributed by atoms with Gasteiger partial charge in [0, 0.05) is 12.1 Å². The molecule has 1 fully saturated rings. The van der Waals surface area contributed by atoms with E-state index in [0.29, 0.717) is 21.8 Å². The van der Waals surface area contributed by atoms with Crippen molar-refractivity contribution in [2.45, 2.75) is 44.9 Å². The molecule has 7 heteroatoms. The van der Waals surface area contributed by atoms with Crippen LogP contribution in [0.25, 0.3) is 0 Å². The van der Waals surface area contributed by atoms with E-state index < -0.39 is 6.10 Å². The molecular weight excluding hydrogens is 347 g/mol. The summed E-state index contributed by atoms with van der Waals surface area (Å²) < 4.78 is 5.61. The Labute approximate surface area is 147 Å². The van der Waals surface area contributed by atoms with E-state index >= 15 is 0 Å². The first-order valence-corrected chi connectivity index (χ1v) is 7.87. The zero-order chi connectivity index (χ0) is 15.4. The maximum atomic E-state index is 12.2. The average Bonchev–Trinajstić information content (AvgIpc) is 2.44. The number of halogens is 3. The van der Waals surface area contributed by atoms with E-state index in [1.165, 1.54) is 0 Å². The van der Waals surface area contributed by atoms with E-state index in [0.717, 1.165) is 19.4 Å². The molecule has 2 rings (SSSR count). The van der Waals surface area contributed by atoms with Crippen molar-refractivity contribution in [1.29, 1.82) is 0 Å². The number of rotatable bonds is 4. The van der Waals surface area contributed by atoms with Gasteiger partial charge in [-0.25, -0.2) is 0 Å². The Bertz CT molecular complexity index is 514. The lowest BCUT2D eigenvalue weighted by atomic mass is 10.0. The molecule has 1 amide bonds. The molecule has 1 heterocycles. The normalized spacial score (nSPS) is 22.4. The Morgan fingerprint density at radius 3 is 2.86 bits per heavy atom. The smallest absolute Gasteiger partial charge is 0.260 e. The number of carbonyl (C=O) groups is 1. The molecule has 1 aromatic rings. The van der Waals surface area contributed by atoms with Crippen LogP contribution in [0.15, 0.2) is 18.2 Å². The highest BCUT2D eigenvalue weighted by molar-refractivity contribution is 6.42. The fourth-order valence-electron chi connectivity index (χ4n) is 2.40. The number of hydrogen-bond donors (Lipinski definition) is 2. The minimum atomic E-state index is -0.619. The SMILES string of the molecule is CC1CC(NC(=O)C(C)Oc2cccc(Cl)c2Cl)CCN1.Cl. The monoisotopic (exact) mass is 366 g/mol. The van der Waals surface area contributed by atoms with Gasteiger partial charge in [0.15, 0.2) is 6.10 Å². The molecule has 0 spiro atoms. The first kappa shape index (κ1) is 19.4. The Morgan fingerprint density at radius 2 is 2.18 bits per heavy atom. The van der Waals surface area contributed by atoms with Gasteiger partial charge in [0.2, 0.25) is 0 Å². The van der Waals surface area contributed by atoms with Gasteiger partial charge < -0.3 is 15.4 Å². The maximum absolute atomic E-state index is 12.2. The molecule has 124 valence electrons. The molecule has 0 bridgehead atoms. The lowest BCUT2D eigenvalue weighted by Gasteiger charge is -2.29. The van der Waals surface area contributed by atoms with Gasteiger partial charge in [0.25, 0.3) is 5.91 Å². The van der Waals surface area contributed by atoms with Gasteiger partial charge in [-0.15, -0.1) is 12.4 Å². The van der Waals surface area contributed by atoms with Crippen LogP contribution in [-0.4, -0.2) is 30.6 Å². The van der Waals surface area contributed by atoms with Crippen molar-refractivity contribution in [2.24, 2.45) is 0 Å². The first-order valence-electron chi connectivity index (χ1n) is 7.11. The van der Waals surface area contributed by atoms with Crippen LogP contribution in [0.4, 0.5) is 0 Å². The van der Waals surface area contributed by atoms with Crippen LogP contribution in [0.2, 0.25) is 10.0 Å². The summed E-state index contributed by atoms with van der Waals surface area (Å²) >= 11 is 12.0. The van der Waals surface area contributed by atoms with Crippen molar-refractivity contribution < 1.29 is 9.53 Å². The van der Waals surface area contributed by atoms with E-state index in [2.05, 4.69) is 17.6 Å². The molecule has 3 unspecified atom stereocenters. The third-order valence-electron chi connectivity index (χ3n) is 3.56. The number of piperidine rings is 1. The number of nitrogens with one attached hydrogen (secondary N) is 2. The Morgan fingerprint density at radius 1 is 1.45 bits per heavy atom. The van der Waals surface area contributed by atoms with Crippen LogP contribution < -0.4 is 15.4 Å². The summed E-state index contributed by atoms with van der Waals surface area (Å²) in [7, 11) is 0. The molecule has 0 aliphatic carbocycles. The molecular formula is C15H21Cl3N2O2. The second-order valence-electron chi connectivity index (χ2n) is 5.40. The molecule has 0 aromatic heterocycles. The molecule has 1 aromatic carbocycles. The standard InChI is InChI=1S/C15H20Cl2N2O2.ClH/c1-9-8-11(6-7-18-9)19-15(20)10(2)21-13-5-3-4-12(16)14(13)17;/h3-5,9-11,18H,6-8H2,1-2H3,(H,19,20);1H. The second kappa shape index (κ2) is 8.82. The van der Waals surface area contributed by atoms with Crippen LogP contribution in [0.3, 0.4) is 0 Å². The predicted octanol–water partition coefficient (Wildman–Crippen LogP) is 3.44. The van der Waals surface area contributed by atoms with Crippen LogP contribution in [0.1, 0.15) is 26.7 Å². The predicted molar refractivity (Wildman–Crippen MR) is 92.4 cm³/mol. The topological polar surface area (TPSA) is 50.4 Å². The van der Waals surface area contributed by atoms with Crippen molar-refractivity contribution in [1.82, 2.24) is 10.6 Å². The van der Waals surface area contributed by atoms with Crippen LogP contribution in [0, 0.1) is 0 Å². The van der Waals surface area contributed by atoms with E-state index in [1.807, 2.05) is 0 Å². The zero-order valence-corrected chi connectivity index (χ0v) is 14.9. The molecule has 2 N–H and O–H groups in total. The molecule has 0 radical (unpaired) electrons. The summed E-state index contributed by atoms with van der Waals surface area (Å²) in [5.74, 6) is 0.288. The van der Waals surface area contributed by atoms with Crippen LogP contribution in [0.5, 0.6) is 5.75 Å². The highest BCUT2D eigenvalue weighted by Crippen LogP contribution is 2.32. The quantitative estimate of drug-likeness (QED) is 0.857. The van der Waals surface area contributed by atoms with Crippen LogP contribution in [-0.2, 0) is 4.79 Å². The van der Waals surface area contributed by atoms with Crippen LogP contribution >= 0.6 is 35.6 Å². The third-order valence-corrected chi connectivity index (χ3v) is 4.36. The number of benzene rings is 1. The van der Waals surface area contributed by atoms with E-state index in [1.54, 1.807) is 25.1 Å². The molecule has 22 heavy (non-hydrogen) atoms. The number of hydrogen-bond acceptors (Lipinski definition) is 3. The Hall–Kier alpha value is -0.680. The van der Waals surface area contributed by atoms with E-state index in [-0.39, 0.29) is 24.4 Å². The average molecular weight is 368 g/mol. The fraction of sp³-hybridized carbons (Fsp3) is 0.533. The van der Waals surface area contributed by atoms with Gasteiger partial charge in [-0.2, -0.15) is 0 Å². The Balaban J connectivity index is 0.00000242. The van der Waals surface area contributed by atoms with Gasteiger partial charge in [-0.3, -0.25) is 4.79 Å². The molecule has 0 saturated carbocycles. The molecule has 4 nitrogen and oxygen atoms in total. The van der Waals surface area contributed by atoms with Gasteiger partial charge in [0.1, 0.15) is 10.8 Å². The van der Waals surface area contributed by atoms with Gasteiger partial charge >= 0.3 is 0 Å². The number of ether oxygens (including phenoxy) is 1. The summed E-state index contributed by atoms with van der Waals surface area (Å²) in [5.41, 5.74) is 0. The summed E-state index contributed by atoms with van der Waals surface area (Å²) in [5, 5.41) is 7.12. The molecule has 1 aliphatic heterocycles. The van der Waals surface area contributed by atoms with Gasteiger partial charge in [-0.1, -0.05) is 29.3 Å². The Kier molecular flexibility index (Phi) is 7.77. The highest BCUT2D eigenvalue weighted by Gasteiger charge is 2.23. The van der Waals surface area contributed by atoms with E-state index in [4.69, 9.17) is 27.9 Å². The lowest BCUT2D eigenvalue weighted by molar-refractivity contribution is -0.128. The maximum Gasteiger partial charge on any atom is 0.260 e. The molecule has 3 atom stereocenters. The van der Waals surface area contributed by atoms with Crippen molar-refractivity contribution in [3.8, 4) is 5.75 Å². The van der Waals surface area contributed by atoms with Gasteiger partial charge in [0.05, 0.1) is 5.02 Å². The fourth-order valence-corrected chi connectivity index (χ4v) is 2.74. The molecule has 1 aliphatic rings. The largest absolute Gasteiger partial charge is 0.479 e. The second-order valence-corrected chi connectivity index (χ2v) is 6.18.